The highest BCUT2D eigenvalue weighted by Gasteiger charge is 2.65. The lowest BCUT2D eigenvalue weighted by molar-refractivity contribution is -0.536. The summed E-state index contributed by atoms with van der Waals surface area (Å²) in [5.74, 6) is -1.47. The Morgan fingerprint density at radius 2 is 2.03 bits per heavy atom. The van der Waals surface area contributed by atoms with Crippen molar-refractivity contribution in [3.05, 3.63) is 46.7 Å². The number of carbonyl (C=O) groups excluding carboxylic acids is 2. The first-order valence-electron chi connectivity index (χ1n) is 9.95. The molecule has 10 nitrogen and oxygen atoms in total. The summed E-state index contributed by atoms with van der Waals surface area (Å²) in [6, 6.07) is -0.541. The second kappa shape index (κ2) is 9.76. The molecule has 1 saturated heterocycles. The smallest absolute Gasteiger partial charge is 0.411 e. The van der Waals surface area contributed by atoms with Crippen LogP contribution in [0.4, 0.5) is 4.79 Å². The molecule has 0 aromatic carbocycles. The van der Waals surface area contributed by atoms with Crippen molar-refractivity contribution < 1.29 is 28.7 Å². The fourth-order valence-corrected chi connectivity index (χ4v) is 4.18. The van der Waals surface area contributed by atoms with Gasteiger partial charge in [-0.2, -0.15) is 0 Å². The molecule has 1 amide bonds. The summed E-state index contributed by atoms with van der Waals surface area (Å²) in [4.78, 5) is 43.3. The highest BCUT2D eigenvalue weighted by molar-refractivity contribution is 5.83. The van der Waals surface area contributed by atoms with Crippen LogP contribution in [-0.2, 0) is 14.3 Å². The molecule has 0 aliphatic carbocycles. The number of pyridine rings is 1. The predicted molar refractivity (Wildman–Crippen MR) is 111 cm³/mol. The number of likely N-dealkylation sites (tertiary alicyclic amines) is 1. The van der Waals surface area contributed by atoms with Crippen molar-refractivity contribution in [1.29, 1.82) is 0 Å². The molecular weight excluding hydrogens is 406 g/mol. The van der Waals surface area contributed by atoms with Gasteiger partial charge in [0.05, 0.1) is 19.6 Å². The Labute approximate surface area is 181 Å². The molecule has 0 saturated carbocycles. The lowest BCUT2D eigenvalue weighted by Gasteiger charge is -2.32. The van der Waals surface area contributed by atoms with E-state index >= 15 is 0 Å². The number of esters is 1. The molecule has 0 unspecified atom stereocenters. The van der Waals surface area contributed by atoms with Gasteiger partial charge in [-0.05, 0) is 24.5 Å². The number of nitrogens with zero attached hydrogens (tertiary/aromatic N) is 3. The second-order valence-corrected chi connectivity index (χ2v) is 8.18. The first kappa shape index (κ1) is 24.1. The molecule has 1 fully saturated rings. The van der Waals surface area contributed by atoms with Crippen molar-refractivity contribution >= 4 is 12.1 Å². The normalized spacial score (nSPS) is 23.2. The molecule has 4 atom stereocenters. The van der Waals surface area contributed by atoms with Gasteiger partial charge in [-0.3, -0.25) is 15.0 Å². The van der Waals surface area contributed by atoms with E-state index in [0.717, 1.165) is 4.90 Å². The van der Waals surface area contributed by atoms with Crippen LogP contribution in [0.5, 0.6) is 5.88 Å². The first-order chi connectivity index (χ1) is 14.6. The maximum Gasteiger partial charge on any atom is 0.411 e. The van der Waals surface area contributed by atoms with Crippen molar-refractivity contribution in [2.75, 3.05) is 20.3 Å². The maximum atomic E-state index is 13.1. The number of aromatic nitrogens is 1. The van der Waals surface area contributed by atoms with Gasteiger partial charge in [0, 0.05) is 16.7 Å². The van der Waals surface area contributed by atoms with Crippen LogP contribution >= 0.6 is 0 Å². The summed E-state index contributed by atoms with van der Waals surface area (Å²) in [6.45, 7) is 10.5. The van der Waals surface area contributed by atoms with Crippen LogP contribution in [0.3, 0.4) is 0 Å². The Morgan fingerprint density at radius 3 is 2.55 bits per heavy atom. The van der Waals surface area contributed by atoms with E-state index in [1.54, 1.807) is 39.8 Å². The fourth-order valence-electron chi connectivity index (χ4n) is 4.18. The molecular formula is C21H29N3O7. The highest BCUT2D eigenvalue weighted by Crippen LogP contribution is 2.50. The van der Waals surface area contributed by atoms with Gasteiger partial charge in [0.15, 0.2) is 0 Å². The van der Waals surface area contributed by atoms with E-state index in [0.29, 0.717) is 5.56 Å². The van der Waals surface area contributed by atoms with Crippen molar-refractivity contribution in [3.8, 4) is 5.88 Å². The number of amides is 1. The number of rotatable bonds is 7. The van der Waals surface area contributed by atoms with Gasteiger partial charge in [0.2, 0.25) is 11.9 Å². The average Bonchev–Trinajstić information content (AvgIpc) is 3.09. The Balaban J connectivity index is 2.79. The molecule has 0 bridgehead atoms. The molecule has 2 rings (SSSR count). The van der Waals surface area contributed by atoms with Gasteiger partial charge in [0.25, 0.3) is 0 Å². The molecule has 170 valence electrons. The SMILES string of the molecule is C=CCOC(=O)N1[C@H](C(=O)OCC)[C@@H](C(C)(C)C)[C@H]([N+](=O)[O-])[C@@H]1c1cccnc1OC. The average molecular weight is 435 g/mol. The zero-order valence-corrected chi connectivity index (χ0v) is 18.4. The van der Waals surface area contributed by atoms with E-state index in [1.165, 1.54) is 19.4 Å². The number of nitro groups is 1. The largest absolute Gasteiger partial charge is 0.481 e. The van der Waals surface area contributed by atoms with Crippen LogP contribution in [0.15, 0.2) is 31.0 Å². The maximum absolute atomic E-state index is 13.1. The lowest BCUT2D eigenvalue weighted by Crippen LogP contribution is -2.48. The fraction of sp³-hybridized carbons (Fsp3) is 0.571. The van der Waals surface area contributed by atoms with Crippen LogP contribution in [0.1, 0.15) is 39.3 Å². The minimum Gasteiger partial charge on any atom is -0.481 e. The molecule has 0 spiro atoms. The molecule has 2 heterocycles. The summed E-state index contributed by atoms with van der Waals surface area (Å²) in [6.07, 6.45) is 1.97. The second-order valence-electron chi connectivity index (χ2n) is 8.18. The minimum atomic E-state index is -1.33. The van der Waals surface area contributed by atoms with Gasteiger partial charge in [-0.15, -0.1) is 0 Å². The van der Waals surface area contributed by atoms with E-state index in [-0.39, 0.29) is 19.1 Å². The van der Waals surface area contributed by atoms with Crippen LogP contribution in [0.25, 0.3) is 0 Å². The molecule has 1 aliphatic rings. The lowest BCUT2D eigenvalue weighted by atomic mass is 9.73. The number of hydrogen-bond acceptors (Lipinski definition) is 8. The van der Waals surface area contributed by atoms with E-state index in [9.17, 15) is 19.7 Å². The Bertz CT molecular complexity index is 837. The Kier molecular flexibility index (Phi) is 7.59. The third-order valence-corrected chi connectivity index (χ3v) is 5.25. The number of hydrogen-bond donors (Lipinski definition) is 0. The zero-order chi connectivity index (χ0) is 23.3. The van der Waals surface area contributed by atoms with Gasteiger partial charge < -0.3 is 14.2 Å². The van der Waals surface area contributed by atoms with E-state index < -0.39 is 46.4 Å². The molecule has 1 aliphatic heterocycles. The van der Waals surface area contributed by atoms with E-state index in [4.69, 9.17) is 14.2 Å². The summed E-state index contributed by atoms with van der Waals surface area (Å²) in [5, 5.41) is 12.3. The molecule has 10 heteroatoms. The standard InChI is InChI=1S/C21H29N3O7/c1-7-12-31-20(26)23-15(13-10-9-11-22-18(13)29-6)16(24(27)28)14(21(3,4)5)17(23)19(25)30-8-2/h7,9-11,14-17H,1,8,12H2,2-6H3/t14-,15-,16-,17-/m0/s1. The number of ether oxygens (including phenoxy) is 3. The predicted octanol–water partition coefficient (Wildman–Crippen LogP) is 3.01. The summed E-state index contributed by atoms with van der Waals surface area (Å²) in [5.41, 5.74) is -0.417. The summed E-state index contributed by atoms with van der Waals surface area (Å²) >= 11 is 0. The Hall–Kier alpha value is -3.17. The van der Waals surface area contributed by atoms with Crippen LogP contribution < -0.4 is 4.74 Å². The topological polar surface area (TPSA) is 121 Å². The number of carbonyl (C=O) groups is 2. The Morgan fingerprint density at radius 1 is 1.35 bits per heavy atom. The summed E-state index contributed by atoms with van der Waals surface area (Å²) in [7, 11) is 1.38. The van der Waals surface area contributed by atoms with Crippen molar-refractivity contribution in [2.45, 2.75) is 45.8 Å². The van der Waals surface area contributed by atoms with Crippen LogP contribution in [-0.4, -0.2) is 59.3 Å². The van der Waals surface area contributed by atoms with Crippen LogP contribution in [0.2, 0.25) is 0 Å². The van der Waals surface area contributed by atoms with Gasteiger partial charge in [-0.25, -0.2) is 14.6 Å². The zero-order valence-electron chi connectivity index (χ0n) is 18.4. The molecule has 31 heavy (non-hydrogen) atoms. The third-order valence-electron chi connectivity index (χ3n) is 5.25. The van der Waals surface area contributed by atoms with Gasteiger partial charge in [0.1, 0.15) is 18.7 Å². The summed E-state index contributed by atoms with van der Waals surface area (Å²) < 4.78 is 15.8. The third kappa shape index (κ3) is 4.78. The van der Waals surface area contributed by atoms with Crippen molar-refractivity contribution in [1.82, 2.24) is 9.88 Å². The van der Waals surface area contributed by atoms with E-state index in [2.05, 4.69) is 11.6 Å². The molecule has 0 radical (unpaired) electrons. The number of methoxy groups -OCH3 is 1. The first-order valence-corrected chi connectivity index (χ1v) is 9.95. The van der Waals surface area contributed by atoms with Crippen molar-refractivity contribution in [2.24, 2.45) is 11.3 Å². The van der Waals surface area contributed by atoms with Crippen LogP contribution in [0, 0.1) is 21.4 Å². The molecule has 1 aromatic heterocycles. The quantitative estimate of drug-likeness (QED) is 0.277. The monoisotopic (exact) mass is 435 g/mol. The van der Waals surface area contributed by atoms with Crippen molar-refractivity contribution in [3.63, 3.8) is 0 Å². The minimum absolute atomic E-state index is 0.0613. The molecule has 0 N–H and O–H groups in total. The van der Waals surface area contributed by atoms with Gasteiger partial charge >= 0.3 is 12.1 Å². The van der Waals surface area contributed by atoms with Gasteiger partial charge in [-0.1, -0.05) is 33.4 Å². The molecule has 1 aromatic rings. The van der Waals surface area contributed by atoms with E-state index in [1.807, 2.05) is 0 Å². The highest BCUT2D eigenvalue weighted by atomic mass is 16.6.